The summed E-state index contributed by atoms with van der Waals surface area (Å²) >= 11 is 0. The van der Waals surface area contributed by atoms with Crippen LogP contribution in [-0.2, 0) is 16.4 Å². The van der Waals surface area contributed by atoms with Gasteiger partial charge in [0.2, 0.25) is 10.0 Å². The van der Waals surface area contributed by atoms with Crippen LogP contribution in [0.2, 0.25) is 0 Å². The number of rotatable bonds is 18. The minimum atomic E-state index is -3.43. The first kappa shape index (κ1) is 31.8. The van der Waals surface area contributed by atoms with Crippen molar-refractivity contribution in [2.75, 3.05) is 32.5 Å². The van der Waals surface area contributed by atoms with E-state index < -0.39 is 16.1 Å². The molecule has 3 rings (SSSR count). The fourth-order valence-corrected chi connectivity index (χ4v) is 5.72. The van der Waals surface area contributed by atoms with E-state index in [-0.39, 0.29) is 11.7 Å². The van der Waals surface area contributed by atoms with Crippen LogP contribution in [-0.4, -0.2) is 57.6 Å². The zero-order valence-electron chi connectivity index (χ0n) is 24.6. The van der Waals surface area contributed by atoms with E-state index in [4.69, 9.17) is 9.15 Å². The van der Waals surface area contributed by atoms with Crippen LogP contribution < -0.4 is 20.1 Å². The van der Waals surface area contributed by atoms with Gasteiger partial charge in [0.25, 0.3) is 0 Å². The Kier molecular flexibility index (Phi) is 12.2. The van der Waals surface area contributed by atoms with Crippen molar-refractivity contribution in [1.29, 1.82) is 0 Å². The lowest BCUT2D eigenvalue weighted by Gasteiger charge is -2.21. The van der Waals surface area contributed by atoms with Gasteiger partial charge in [0.1, 0.15) is 16.9 Å². The molecule has 40 heavy (non-hydrogen) atoms. The van der Waals surface area contributed by atoms with E-state index in [1.54, 1.807) is 24.3 Å². The van der Waals surface area contributed by atoms with Crippen LogP contribution >= 0.6 is 0 Å². The van der Waals surface area contributed by atoms with Crippen molar-refractivity contribution >= 4 is 28.0 Å². The van der Waals surface area contributed by atoms with E-state index in [2.05, 4.69) is 30.0 Å². The first-order valence-electron chi connectivity index (χ1n) is 14.6. The van der Waals surface area contributed by atoms with Crippen molar-refractivity contribution in [3.8, 4) is 5.75 Å². The van der Waals surface area contributed by atoms with Crippen LogP contribution in [0.1, 0.15) is 81.0 Å². The number of nitrogens with zero attached hydrogens (tertiary/aromatic N) is 1. The van der Waals surface area contributed by atoms with Gasteiger partial charge in [-0.05, 0) is 75.0 Å². The van der Waals surface area contributed by atoms with E-state index in [1.807, 2.05) is 25.1 Å². The fraction of sp³-hybridized carbons (Fsp3) is 0.531. The molecule has 0 saturated heterocycles. The lowest BCUT2D eigenvalue weighted by atomic mass is 9.93. The first-order chi connectivity index (χ1) is 19.2. The zero-order valence-corrected chi connectivity index (χ0v) is 25.4. The van der Waals surface area contributed by atoms with E-state index in [1.165, 1.54) is 25.7 Å². The first-order valence-corrected chi connectivity index (χ1v) is 16.5. The molecule has 0 aliphatic heterocycles. The van der Waals surface area contributed by atoms with Gasteiger partial charge in [-0.25, -0.2) is 13.1 Å². The summed E-state index contributed by atoms with van der Waals surface area (Å²) in [4.78, 5) is 16.3. The summed E-state index contributed by atoms with van der Waals surface area (Å²) in [6.07, 6.45) is 13.6. The van der Waals surface area contributed by atoms with Gasteiger partial charge < -0.3 is 14.1 Å². The van der Waals surface area contributed by atoms with Gasteiger partial charge in [-0.15, -0.1) is 6.58 Å². The Hall–Kier alpha value is -2.68. The molecule has 2 aromatic rings. The Bertz CT molecular complexity index is 1340. The maximum absolute atomic E-state index is 13.8. The van der Waals surface area contributed by atoms with Crippen LogP contribution in [0.4, 0.5) is 0 Å². The molecule has 2 unspecified atom stereocenters. The third-order valence-corrected chi connectivity index (χ3v) is 7.89. The summed E-state index contributed by atoms with van der Waals surface area (Å²) in [5, 5.41) is 0.638. The summed E-state index contributed by atoms with van der Waals surface area (Å²) in [6.45, 7) is 14.1. The van der Waals surface area contributed by atoms with E-state index in [9.17, 15) is 13.2 Å². The summed E-state index contributed by atoms with van der Waals surface area (Å²) in [6, 6.07) is 6.77. The van der Waals surface area contributed by atoms with Gasteiger partial charge in [0.15, 0.2) is 5.78 Å². The van der Waals surface area contributed by atoms with Crippen LogP contribution in [0.5, 0.6) is 5.75 Å². The summed E-state index contributed by atoms with van der Waals surface area (Å²) in [5.74, 6) is 1.05. The molecule has 0 spiro atoms. The molecule has 0 saturated carbocycles. The SMILES string of the molecule is C=CCCc1oc2c(c1C(=O)c1ccc(OCCCN(CCCC)CCCC)cc1)=CC(NS(C)(=O)=O)C(C)C=2. The summed E-state index contributed by atoms with van der Waals surface area (Å²) in [7, 11) is -3.43. The predicted octanol–water partition coefficient (Wildman–Crippen LogP) is 4.43. The number of hydrogen-bond donors (Lipinski definition) is 1. The Balaban J connectivity index is 1.74. The van der Waals surface area contributed by atoms with Crippen molar-refractivity contribution in [2.45, 2.75) is 71.8 Å². The maximum Gasteiger partial charge on any atom is 0.209 e. The molecule has 1 aromatic carbocycles. The highest BCUT2D eigenvalue weighted by Gasteiger charge is 2.26. The van der Waals surface area contributed by atoms with Gasteiger partial charge in [0, 0.05) is 29.8 Å². The summed E-state index contributed by atoms with van der Waals surface area (Å²) < 4.78 is 38.6. The van der Waals surface area contributed by atoms with E-state index in [0.29, 0.717) is 47.0 Å². The van der Waals surface area contributed by atoms with E-state index in [0.717, 1.165) is 38.1 Å². The molecule has 1 heterocycles. The van der Waals surface area contributed by atoms with Gasteiger partial charge in [-0.2, -0.15) is 0 Å². The highest BCUT2D eigenvalue weighted by atomic mass is 32.2. The lowest BCUT2D eigenvalue weighted by molar-refractivity contribution is 0.103. The number of allylic oxidation sites excluding steroid dienone is 1. The molecule has 2 atom stereocenters. The van der Waals surface area contributed by atoms with Crippen molar-refractivity contribution in [3.63, 3.8) is 0 Å². The van der Waals surface area contributed by atoms with Gasteiger partial charge in [0.05, 0.1) is 18.4 Å². The Morgan fingerprint density at radius 2 is 1.73 bits per heavy atom. The second kappa shape index (κ2) is 15.4. The molecule has 1 N–H and O–H groups in total. The Morgan fingerprint density at radius 1 is 1.07 bits per heavy atom. The molecule has 0 bridgehead atoms. The maximum atomic E-state index is 13.8. The number of carbonyl (C=O) groups is 1. The van der Waals surface area contributed by atoms with E-state index >= 15 is 0 Å². The monoisotopic (exact) mass is 570 g/mol. The van der Waals surface area contributed by atoms with Gasteiger partial charge in [-0.1, -0.05) is 45.8 Å². The molecule has 0 radical (unpaired) electrons. The third kappa shape index (κ3) is 9.18. The lowest BCUT2D eigenvalue weighted by Crippen LogP contribution is -2.43. The van der Waals surface area contributed by atoms with Crippen LogP contribution in [0.15, 0.2) is 41.3 Å². The molecule has 0 fully saturated rings. The number of nitrogens with one attached hydrogen (secondary N) is 1. The number of ether oxygens (including phenoxy) is 1. The number of ketones is 1. The average Bonchev–Trinajstić information content (AvgIpc) is 3.26. The molecule has 8 heteroatoms. The van der Waals surface area contributed by atoms with Crippen molar-refractivity contribution < 1.29 is 22.4 Å². The van der Waals surface area contributed by atoms with Crippen LogP contribution in [0.3, 0.4) is 0 Å². The molecular formula is C32H46N2O5S. The minimum absolute atomic E-state index is 0.120. The molecule has 0 amide bonds. The standard InChI is InChI=1S/C32H46N2O5S/c1-6-9-13-29-31(27-23-28(33-40(5,36)37)24(4)22-30(27)39-29)32(35)25-14-16-26(17-15-25)38-21-12-20-34(18-10-7-2)19-11-8-3/h6,14-17,22-24,28,33H,1,7-13,18-21H2,2-5H3. The average molecular weight is 571 g/mol. The molecule has 1 aliphatic carbocycles. The number of sulfonamides is 1. The number of hydrogen-bond acceptors (Lipinski definition) is 6. The largest absolute Gasteiger partial charge is 0.494 e. The molecule has 220 valence electrons. The quantitative estimate of drug-likeness (QED) is 0.162. The number of carbonyl (C=O) groups excluding carboxylic acids is 1. The molecule has 1 aliphatic rings. The normalized spacial score (nSPS) is 16.7. The topological polar surface area (TPSA) is 88.8 Å². The number of aryl methyl sites for hydroxylation is 1. The van der Waals surface area contributed by atoms with Gasteiger partial charge in [-0.3, -0.25) is 4.79 Å². The third-order valence-electron chi connectivity index (χ3n) is 7.19. The smallest absolute Gasteiger partial charge is 0.209 e. The molecule has 7 nitrogen and oxygen atoms in total. The zero-order chi connectivity index (χ0) is 29.1. The highest BCUT2D eigenvalue weighted by Crippen LogP contribution is 2.19. The van der Waals surface area contributed by atoms with Crippen LogP contribution in [0, 0.1) is 5.92 Å². The van der Waals surface area contributed by atoms with Crippen molar-refractivity contribution in [3.05, 3.63) is 64.4 Å². The fourth-order valence-electron chi connectivity index (χ4n) is 4.95. The second-order valence-corrected chi connectivity index (χ2v) is 12.5. The molecular weight excluding hydrogens is 524 g/mol. The Morgan fingerprint density at radius 3 is 2.33 bits per heavy atom. The second-order valence-electron chi connectivity index (χ2n) is 10.7. The van der Waals surface area contributed by atoms with Crippen molar-refractivity contribution in [1.82, 2.24) is 9.62 Å². The minimum Gasteiger partial charge on any atom is -0.494 e. The predicted molar refractivity (Wildman–Crippen MR) is 163 cm³/mol. The van der Waals surface area contributed by atoms with Gasteiger partial charge >= 0.3 is 0 Å². The van der Waals surface area contributed by atoms with Crippen LogP contribution in [0.25, 0.3) is 12.2 Å². The summed E-state index contributed by atoms with van der Waals surface area (Å²) in [5.41, 5.74) is 1.61. The molecule has 1 aromatic heterocycles. The van der Waals surface area contributed by atoms with Crippen molar-refractivity contribution in [2.24, 2.45) is 5.92 Å². The number of unbranched alkanes of at least 4 members (excludes halogenated alkanes) is 2. The number of benzene rings is 1. The number of furan rings is 1. The highest BCUT2D eigenvalue weighted by molar-refractivity contribution is 7.88. The number of fused-ring (bicyclic) bond motifs is 1. The Labute approximate surface area is 240 Å².